The summed E-state index contributed by atoms with van der Waals surface area (Å²) in [6.07, 6.45) is 2.74. The summed E-state index contributed by atoms with van der Waals surface area (Å²) in [5.74, 6) is -0.676. The van der Waals surface area contributed by atoms with Crippen LogP contribution in [0.25, 0.3) is 10.6 Å². The van der Waals surface area contributed by atoms with Crippen LogP contribution in [-0.4, -0.2) is 19.1 Å². The average molecular weight is 542 g/mol. The van der Waals surface area contributed by atoms with Crippen molar-refractivity contribution in [3.63, 3.8) is 0 Å². The number of rotatable bonds is 8. The Morgan fingerprint density at radius 2 is 1.75 bits per heavy atom. The first-order chi connectivity index (χ1) is 17.0. The monoisotopic (exact) mass is 541 g/mol. The van der Waals surface area contributed by atoms with E-state index < -0.39 is 22.0 Å². The topological polar surface area (TPSA) is 84.2 Å². The number of para-hydroxylation sites is 1. The van der Waals surface area contributed by atoms with Crippen LogP contribution in [0.15, 0.2) is 51.2 Å². The molecule has 0 saturated heterocycles. The minimum atomic E-state index is -4.67. The second kappa shape index (κ2) is 10.5. The van der Waals surface area contributed by atoms with E-state index in [0.29, 0.717) is 18.2 Å². The molecular formula is C25H30F3N3O3S2. The lowest BCUT2D eigenvalue weighted by Crippen LogP contribution is -2.45. The van der Waals surface area contributed by atoms with Crippen molar-refractivity contribution in [1.82, 2.24) is 10.5 Å². The Bertz CT molecular complexity index is 1270. The van der Waals surface area contributed by atoms with Gasteiger partial charge in [0.05, 0.1) is 10.6 Å². The minimum absolute atomic E-state index is 0.0318. The first kappa shape index (κ1) is 26.7. The van der Waals surface area contributed by atoms with Gasteiger partial charge in [0.2, 0.25) is 5.76 Å². The molecule has 2 heterocycles. The summed E-state index contributed by atoms with van der Waals surface area (Å²) < 4.78 is 71.6. The van der Waals surface area contributed by atoms with E-state index in [4.69, 9.17) is 0 Å². The third kappa shape index (κ3) is 6.30. The van der Waals surface area contributed by atoms with Gasteiger partial charge in [-0.1, -0.05) is 49.0 Å². The van der Waals surface area contributed by atoms with Crippen molar-refractivity contribution >= 4 is 27.0 Å². The molecule has 196 valence electrons. The van der Waals surface area contributed by atoms with Crippen molar-refractivity contribution in [3.05, 3.63) is 53.8 Å². The molecule has 0 radical (unpaired) electrons. The van der Waals surface area contributed by atoms with Gasteiger partial charge < -0.3 is 9.84 Å². The highest BCUT2D eigenvalue weighted by atomic mass is 32.2. The molecular weight excluding hydrogens is 511 g/mol. The van der Waals surface area contributed by atoms with Gasteiger partial charge in [-0.2, -0.15) is 13.2 Å². The molecule has 2 aromatic heterocycles. The molecule has 0 atom stereocenters. The zero-order valence-electron chi connectivity index (χ0n) is 20.2. The summed E-state index contributed by atoms with van der Waals surface area (Å²) >= 11 is 0.824. The number of anilines is 1. The molecule has 3 aromatic rings. The Morgan fingerprint density at radius 1 is 1.06 bits per heavy atom. The molecule has 0 amide bonds. The summed E-state index contributed by atoms with van der Waals surface area (Å²) in [5, 5.41) is 7.07. The quantitative estimate of drug-likeness (QED) is 0.298. The van der Waals surface area contributed by atoms with Crippen LogP contribution in [0.4, 0.5) is 18.9 Å². The summed E-state index contributed by atoms with van der Waals surface area (Å²) in [4.78, 5) is 0.259. The summed E-state index contributed by atoms with van der Waals surface area (Å²) in [6, 6.07) is 10.7. The Labute approximate surface area is 213 Å². The van der Waals surface area contributed by atoms with Gasteiger partial charge in [-0.3, -0.25) is 4.72 Å². The molecule has 4 rings (SSSR count). The SMILES string of the molecule is CC(C)(NCc1ccccc1NS(=O)(=O)c1ccc(-c2cc(C(F)(F)F)on2)s1)C1CCCCCC1. The molecule has 0 bridgehead atoms. The van der Waals surface area contributed by atoms with Gasteiger partial charge in [0.15, 0.2) is 0 Å². The highest BCUT2D eigenvalue weighted by Crippen LogP contribution is 2.36. The Hall–Kier alpha value is -2.37. The second-order valence-corrected chi connectivity index (χ2v) is 12.7. The van der Waals surface area contributed by atoms with Crippen molar-refractivity contribution in [2.45, 2.75) is 74.8 Å². The molecule has 2 N–H and O–H groups in total. The first-order valence-electron chi connectivity index (χ1n) is 12.0. The van der Waals surface area contributed by atoms with Gasteiger partial charge in [-0.05, 0) is 56.4 Å². The van der Waals surface area contributed by atoms with E-state index in [0.717, 1.165) is 23.0 Å². The fraction of sp³-hybridized carbons (Fsp3) is 0.480. The van der Waals surface area contributed by atoms with E-state index in [1.54, 1.807) is 12.1 Å². The molecule has 6 nitrogen and oxygen atoms in total. The minimum Gasteiger partial charge on any atom is -0.351 e. The number of thiophene rings is 1. The molecule has 0 spiro atoms. The van der Waals surface area contributed by atoms with Gasteiger partial charge in [0.25, 0.3) is 10.0 Å². The molecule has 1 aliphatic carbocycles. The summed E-state index contributed by atoms with van der Waals surface area (Å²) in [6.45, 7) is 4.91. The van der Waals surface area contributed by atoms with Crippen LogP contribution in [0.3, 0.4) is 0 Å². The van der Waals surface area contributed by atoms with Gasteiger partial charge >= 0.3 is 6.18 Å². The number of halogens is 3. The molecule has 0 aliphatic heterocycles. The maximum atomic E-state index is 13.1. The molecule has 1 fully saturated rings. The van der Waals surface area contributed by atoms with E-state index in [-0.39, 0.29) is 20.3 Å². The van der Waals surface area contributed by atoms with Crippen LogP contribution in [0.2, 0.25) is 0 Å². The van der Waals surface area contributed by atoms with Crippen molar-refractivity contribution in [1.29, 1.82) is 0 Å². The van der Waals surface area contributed by atoms with E-state index in [1.807, 2.05) is 12.1 Å². The third-order valence-corrected chi connectivity index (χ3v) is 9.73. The lowest BCUT2D eigenvalue weighted by Gasteiger charge is -2.35. The van der Waals surface area contributed by atoms with Gasteiger partial charge in [-0.25, -0.2) is 8.42 Å². The Morgan fingerprint density at radius 3 is 2.42 bits per heavy atom. The third-order valence-electron chi connectivity index (χ3n) is 6.76. The highest BCUT2D eigenvalue weighted by molar-refractivity contribution is 7.94. The number of aromatic nitrogens is 1. The summed E-state index contributed by atoms with van der Waals surface area (Å²) in [7, 11) is -3.96. The standard InChI is InChI=1S/C25H30F3N3O3S2/c1-24(2,18-10-5-3-4-6-11-18)29-16-17-9-7-8-12-19(17)31-36(32,33)23-14-13-21(35-23)20-15-22(34-30-20)25(26,27)28/h7-9,12-15,18,29,31H,3-6,10-11,16H2,1-2H3. The predicted octanol–water partition coefficient (Wildman–Crippen LogP) is 7.06. The lowest BCUT2D eigenvalue weighted by molar-refractivity contribution is -0.155. The maximum Gasteiger partial charge on any atom is 0.452 e. The number of alkyl halides is 3. The van der Waals surface area contributed by atoms with Crippen molar-refractivity contribution in [2.75, 3.05) is 4.72 Å². The van der Waals surface area contributed by atoms with Crippen molar-refractivity contribution < 1.29 is 26.1 Å². The van der Waals surface area contributed by atoms with Gasteiger partial charge in [0, 0.05) is 18.2 Å². The Balaban J connectivity index is 1.47. The normalized spacial score (nSPS) is 16.1. The first-order valence-corrected chi connectivity index (χ1v) is 14.3. The molecule has 1 saturated carbocycles. The van der Waals surface area contributed by atoms with Crippen LogP contribution in [0.5, 0.6) is 0 Å². The number of benzene rings is 1. The largest absolute Gasteiger partial charge is 0.452 e. The van der Waals surface area contributed by atoms with E-state index >= 15 is 0 Å². The fourth-order valence-electron chi connectivity index (χ4n) is 4.56. The number of nitrogens with one attached hydrogen (secondary N) is 2. The molecule has 1 aromatic carbocycles. The number of hydrogen-bond donors (Lipinski definition) is 2. The van der Waals surface area contributed by atoms with Crippen LogP contribution in [0.1, 0.15) is 63.7 Å². The van der Waals surface area contributed by atoms with E-state index in [2.05, 4.69) is 33.6 Å². The average Bonchev–Trinajstić information content (AvgIpc) is 3.42. The van der Waals surface area contributed by atoms with Crippen LogP contribution in [0, 0.1) is 5.92 Å². The van der Waals surface area contributed by atoms with E-state index in [9.17, 15) is 21.6 Å². The van der Waals surface area contributed by atoms with Gasteiger partial charge in [-0.15, -0.1) is 11.3 Å². The number of hydrogen-bond acceptors (Lipinski definition) is 6. The van der Waals surface area contributed by atoms with Crippen molar-refractivity contribution in [2.24, 2.45) is 5.92 Å². The molecule has 1 aliphatic rings. The maximum absolute atomic E-state index is 13.1. The zero-order chi connectivity index (χ0) is 26.0. The lowest BCUT2D eigenvalue weighted by atomic mass is 9.81. The molecule has 11 heteroatoms. The molecule has 0 unspecified atom stereocenters. The highest BCUT2D eigenvalue weighted by Gasteiger charge is 2.36. The second-order valence-electron chi connectivity index (χ2n) is 9.72. The van der Waals surface area contributed by atoms with Crippen LogP contribution >= 0.6 is 11.3 Å². The number of sulfonamides is 1. The number of nitrogens with zero attached hydrogens (tertiary/aromatic N) is 1. The summed E-state index contributed by atoms with van der Waals surface area (Å²) in [5.41, 5.74) is 1.11. The Kier molecular flexibility index (Phi) is 7.82. The fourth-order valence-corrected chi connectivity index (χ4v) is 6.92. The van der Waals surface area contributed by atoms with Crippen LogP contribution < -0.4 is 10.0 Å². The van der Waals surface area contributed by atoms with E-state index in [1.165, 1.54) is 50.7 Å². The predicted molar refractivity (Wildman–Crippen MR) is 134 cm³/mol. The smallest absolute Gasteiger partial charge is 0.351 e. The zero-order valence-corrected chi connectivity index (χ0v) is 21.8. The molecule has 36 heavy (non-hydrogen) atoms. The van der Waals surface area contributed by atoms with Crippen molar-refractivity contribution in [3.8, 4) is 10.6 Å². The van der Waals surface area contributed by atoms with Gasteiger partial charge in [0.1, 0.15) is 9.90 Å². The van der Waals surface area contributed by atoms with Crippen LogP contribution in [-0.2, 0) is 22.7 Å².